The zero-order valence-electron chi connectivity index (χ0n) is 16.2. The molecule has 0 aliphatic heterocycles. The third kappa shape index (κ3) is 3.65. The number of carbonyl (C=O) groups excluding carboxylic acids is 1. The minimum atomic E-state index is -0.0758. The fourth-order valence-corrected chi connectivity index (χ4v) is 4.09. The number of aromatic nitrogens is 4. The second-order valence-electron chi connectivity index (χ2n) is 6.71. The first-order valence-corrected chi connectivity index (χ1v) is 10.3. The Morgan fingerprint density at radius 3 is 2.79 bits per heavy atom. The van der Waals surface area contributed by atoms with E-state index in [9.17, 15) is 9.59 Å². The van der Waals surface area contributed by atoms with E-state index in [4.69, 9.17) is 4.42 Å². The van der Waals surface area contributed by atoms with Crippen molar-refractivity contribution in [2.24, 2.45) is 0 Å². The lowest BCUT2D eigenvalue weighted by Gasteiger charge is -2.15. The van der Waals surface area contributed by atoms with Gasteiger partial charge in [-0.2, -0.15) is 0 Å². The summed E-state index contributed by atoms with van der Waals surface area (Å²) >= 11 is 1.31. The van der Waals surface area contributed by atoms with Gasteiger partial charge in [0.25, 0.3) is 5.56 Å². The van der Waals surface area contributed by atoms with E-state index in [0.29, 0.717) is 29.4 Å². The summed E-state index contributed by atoms with van der Waals surface area (Å²) in [6.45, 7) is 2.98. The summed E-state index contributed by atoms with van der Waals surface area (Å²) < 4.78 is 8.80. The second kappa shape index (κ2) is 8.12. The number of aryl methyl sites for hydroxylation is 1. The summed E-state index contributed by atoms with van der Waals surface area (Å²) in [4.78, 5) is 27.0. The maximum Gasteiger partial charge on any atom is 0.262 e. The highest BCUT2D eigenvalue weighted by Gasteiger charge is 2.18. The highest BCUT2D eigenvalue weighted by Crippen LogP contribution is 2.22. The summed E-state index contributed by atoms with van der Waals surface area (Å²) in [6.07, 6.45) is 2.39. The average molecular weight is 411 g/mol. The van der Waals surface area contributed by atoms with Crippen molar-refractivity contribution in [3.8, 4) is 0 Å². The van der Waals surface area contributed by atoms with Crippen LogP contribution in [0.3, 0.4) is 0 Å². The topological polar surface area (TPSA) is 85.6 Å². The van der Waals surface area contributed by atoms with Crippen molar-refractivity contribution < 1.29 is 9.21 Å². The smallest absolute Gasteiger partial charge is 0.262 e. The molecule has 0 aliphatic carbocycles. The third-order valence-electron chi connectivity index (χ3n) is 4.65. The maximum absolute atomic E-state index is 12.9. The van der Waals surface area contributed by atoms with E-state index < -0.39 is 0 Å². The van der Waals surface area contributed by atoms with Gasteiger partial charge in [-0.1, -0.05) is 30.8 Å². The summed E-state index contributed by atoms with van der Waals surface area (Å²) in [5, 5.41) is 9.70. The van der Waals surface area contributed by atoms with Gasteiger partial charge in [0.2, 0.25) is 11.7 Å². The van der Waals surface area contributed by atoms with Gasteiger partial charge in [-0.05, 0) is 30.7 Å². The molecule has 0 aliphatic rings. The molecule has 1 aromatic carbocycles. The molecule has 0 N–H and O–H groups in total. The molecule has 0 unspecified atom stereocenters. The lowest BCUT2D eigenvalue weighted by Crippen LogP contribution is -2.27. The highest BCUT2D eigenvalue weighted by atomic mass is 32.2. The zero-order valence-corrected chi connectivity index (χ0v) is 17.1. The fraction of sp³-hybridized carbons (Fsp3) is 0.300. The monoisotopic (exact) mass is 411 g/mol. The van der Waals surface area contributed by atoms with Crippen LogP contribution < -0.4 is 5.56 Å². The van der Waals surface area contributed by atoms with Gasteiger partial charge in [-0.3, -0.25) is 18.6 Å². The molecule has 0 saturated heterocycles. The normalized spacial score (nSPS) is 11.4. The van der Waals surface area contributed by atoms with Gasteiger partial charge in [0.15, 0.2) is 5.16 Å². The minimum absolute atomic E-state index is 0.0469. The zero-order chi connectivity index (χ0) is 20.4. The largest absolute Gasteiger partial charge is 0.467 e. The molecule has 8 nitrogen and oxygen atoms in total. The molecule has 0 spiro atoms. The van der Waals surface area contributed by atoms with Crippen LogP contribution in [0.4, 0.5) is 0 Å². The summed E-state index contributed by atoms with van der Waals surface area (Å²) in [5.74, 6) is 1.39. The number of amides is 1. The lowest BCUT2D eigenvalue weighted by atomic mass is 10.2. The first kappa shape index (κ1) is 19.3. The Hall–Kier alpha value is -3.07. The SMILES string of the molecule is CCCn1c(=O)c2ccccc2n2c(SCC(=O)N(C)Cc3ccco3)nnc12. The molecule has 0 fully saturated rings. The van der Waals surface area contributed by atoms with Crippen LogP contribution in [-0.4, -0.2) is 42.8 Å². The number of nitrogens with zero attached hydrogens (tertiary/aromatic N) is 5. The van der Waals surface area contributed by atoms with E-state index in [1.807, 2.05) is 35.6 Å². The summed E-state index contributed by atoms with van der Waals surface area (Å²) in [7, 11) is 1.74. The van der Waals surface area contributed by atoms with E-state index in [1.54, 1.807) is 34.9 Å². The second-order valence-corrected chi connectivity index (χ2v) is 7.65. The summed E-state index contributed by atoms with van der Waals surface area (Å²) in [5.41, 5.74) is 0.664. The molecule has 0 radical (unpaired) electrons. The van der Waals surface area contributed by atoms with E-state index in [2.05, 4.69) is 10.2 Å². The molecule has 0 atom stereocenters. The lowest BCUT2D eigenvalue weighted by molar-refractivity contribution is -0.127. The van der Waals surface area contributed by atoms with E-state index in [-0.39, 0.29) is 17.2 Å². The minimum Gasteiger partial charge on any atom is -0.467 e. The van der Waals surface area contributed by atoms with E-state index in [0.717, 1.165) is 17.7 Å². The number of furan rings is 1. The molecule has 1 amide bonds. The number of hydrogen-bond donors (Lipinski definition) is 0. The Morgan fingerprint density at radius 1 is 1.21 bits per heavy atom. The van der Waals surface area contributed by atoms with Crippen LogP contribution in [0.5, 0.6) is 0 Å². The van der Waals surface area contributed by atoms with Crippen molar-refractivity contribution in [1.82, 2.24) is 24.1 Å². The molecular weight excluding hydrogens is 390 g/mol. The molecular formula is C20H21N5O3S. The van der Waals surface area contributed by atoms with Crippen LogP contribution in [0.2, 0.25) is 0 Å². The van der Waals surface area contributed by atoms with Crippen LogP contribution in [0.25, 0.3) is 16.7 Å². The fourth-order valence-electron chi connectivity index (χ4n) is 3.21. The van der Waals surface area contributed by atoms with Gasteiger partial charge in [0, 0.05) is 13.6 Å². The Bertz CT molecular complexity index is 1210. The van der Waals surface area contributed by atoms with Gasteiger partial charge >= 0.3 is 0 Å². The third-order valence-corrected chi connectivity index (χ3v) is 5.56. The van der Waals surface area contributed by atoms with Crippen LogP contribution in [0, 0.1) is 0 Å². The van der Waals surface area contributed by atoms with Crippen LogP contribution >= 0.6 is 11.8 Å². The van der Waals surface area contributed by atoms with Gasteiger partial charge < -0.3 is 9.32 Å². The van der Waals surface area contributed by atoms with E-state index in [1.165, 1.54) is 11.8 Å². The number of rotatable bonds is 7. The van der Waals surface area contributed by atoms with Crippen LogP contribution in [-0.2, 0) is 17.9 Å². The Morgan fingerprint density at radius 2 is 2.03 bits per heavy atom. The van der Waals surface area contributed by atoms with Crippen molar-refractivity contribution in [3.05, 3.63) is 58.8 Å². The number of benzene rings is 1. The number of para-hydroxylation sites is 1. The molecule has 9 heteroatoms. The van der Waals surface area contributed by atoms with Crippen molar-refractivity contribution >= 4 is 34.3 Å². The molecule has 3 heterocycles. The molecule has 150 valence electrons. The average Bonchev–Trinajstić information content (AvgIpc) is 3.39. The van der Waals surface area contributed by atoms with Gasteiger partial charge in [-0.15, -0.1) is 10.2 Å². The first-order chi connectivity index (χ1) is 14.1. The van der Waals surface area contributed by atoms with Crippen LogP contribution in [0.1, 0.15) is 19.1 Å². The molecule has 0 saturated carbocycles. The standard InChI is InChI=1S/C20H21N5O3S/c1-3-10-24-18(27)15-8-4-5-9-16(15)25-19(24)21-22-20(25)29-13-17(26)23(2)12-14-7-6-11-28-14/h4-9,11H,3,10,12-13H2,1-2H3. The number of thioether (sulfide) groups is 1. The predicted molar refractivity (Wildman–Crippen MR) is 111 cm³/mol. The van der Waals surface area contributed by atoms with Crippen LogP contribution in [0.15, 0.2) is 57.0 Å². The van der Waals surface area contributed by atoms with Crippen molar-refractivity contribution in [2.75, 3.05) is 12.8 Å². The predicted octanol–water partition coefficient (Wildman–Crippen LogP) is 2.80. The molecule has 4 rings (SSSR count). The molecule has 29 heavy (non-hydrogen) atoms. The van der Waals surface area contributed by atoms with Gasteiger partial charge in [0.05, 0.1) is 29.5 Å². The Kier molecular flexibility index (Phi) is 5.39. The Labute approximate surface area is 171 Å². The first-order valence-electron chi connectivity index (χ1n) is 9.36. The number of fused-ring (bicyclic) bond motifs is 3. The van der Waals surface area contributed by atoms with E-state index >= 15 is 0 Å². The Balaban J connectivity index is 1.64. The number of carbonyl (C=O) groups is 1. The molecule has 0 bridgehead atoms. The van der Waals surface area contributed by atoms with Crippen molar-refractivity contribution in [2.45, 2.75) is 31.6 Å². The highest BCUT2D eigenvalue weighted by molar-refractivity contribution is 7.99. The van der Waals surface area contributed by atoms with Gasteiger partial charge in [-0.25, -0.2) is 0 Å². The van der Waals surface area contributed by atoms with Crippen molar-refractivity contribution in [1.29, 1.82) is 0 Å². The maximum atomic E-state index is 12.9. The van der Waals surface area contributed by atoms with Crippen molar-refractivity contribution in [3.63, 3.8) is 0 Å². The molecule has 3 aromatic heterocycles. The quantitative estimate of drug-likeness (QED) is 0.435. The number of hydrogen-bond acceptors (Lipinski definition) is 6. The molecule has 4 aromatic rings. The van der Waals surface area contributed by atoms with Gasteiger partial charge in [0.1, 0.15) is 5.76 Å². The summed E-state index contributed by atoms with van der Waals surface area (Å²) in [6, 6.07) is 11.0.